The Morgan fingerprint density at radius 2 is 1.67 bits per heavy atom. The molecule has 3 rings (SSSR count). The fraction of sp³-hybridized carbons (Fsp3) is 0.435. The Morgan fingerprint density at radius 3 is 2.30 bits per heavy atom. The van der Waals surface area contributed by atoms with Crippen molar-refractivity contribution in [3.05, 3.63) is 65.7 Å². The van der Waals surface area contributed by atoms with E-state index in [0.29, 0.717) is 6.54 Å². The maximum absolute atomic E-state index is 12.4. The molecule has 2 aromatic carbocycles. The summed E-state index contributed by atoms with van der Waals surface area (Å²) >= 11 is 0. The molecule has 144 valence electrons. The van der Waals surface area contributed by atoms with Crippen LogP contribution in [0.2, 0.25) is 0 Å². The van der Waals surface area contributed by atoms with E-state index in [-0.39, 0.29) is 11.9 Å². The molecule has 0 spiro atoms. The second-order valence-electron chi connectivity index (χ2n) is 7.38. The number of anilines is 1. The number of nitrogens with one attached hydrogen (secondary N) is 1. The van der Waals surface area contributed by atoms with Gasteiger partial charge in [0.1, 0.15) is 0 Å². The number of aryl methyl sites for hydroxylation is 1. The third-order valence-electron chi connectivity index (χ3n) is 5.26. The molecular formula is C23H31N3O. The van der Waals surface area contributed by atoms with Gasteiger partial charge in [-0.1, -0.05) is 55.8 Å². The molecule has 0 bridgehead atoms. The van der Waals surface area contributed by atoms with Crippen LogP contribution in [0.5, 0.6) is 0 Å². The van der Waals surface area contributed by atoms with Gasteiger partial charge in [-0.2, -0.15) is 0 Å². The lowest BCUT2D eigenvalue weighted by molar-refractivity contribution is -0.123. The minimum Gasteiger partial charge on any atom is -0.369 e. The van der Waals surface area contributed by atoms with E-state index in [2.05, 4.69) is 77.5 Å². The van der Waals surface area contributed by atoms with Crippen LogP contribution in [0.4, 0.5) is 5.69 Å². The highest BCUT2D eigenvalue weighted by Gasteiger charge is 2.20. The Kier molecular flexibility index (Phi) is 6.88. The van der Waals surface area contributed by atoms with Crippen molar-refractivity contribution in [1.29, 1.82) is 0 Å². The first-order valence-corrected chi connectivity index (χ1v) is 10.1. The molecule has 0 saturated carbocycles. The van der Waals surface area contributed by atoms with Gasteiger partial charge in [0, 0.05) is 31.9 Å². The van der Waals surface area contributed by atoms with Crippen molar-refractivity contribution < 1.29 is 4.79 Å². The number of benzene rings is 2. The Labute approximate surface area is 163 Å². The largest absolute Gasteiger partial charge is 0.369 e. The molecule has 27 heavy (non-hydrogen) atoms. The summed E-state index contributed by atoms with van der Waals surface area (Å²) in [6, 6.07) is 19.1. The standard InChI is InChI=1S/C23H31N3O/c1-3-7-20-10-12-21(13-11-20)19(2)24-23(27)18-25-14-16-26(17-15-25)22-8-5-4-6-9-22/h4-6,8-13,19H,3,7,14-18H2,1-2H3,(H,24,27)/t19-/m1/s1. The number of carbonyl (C=O) groups excluding carboxylic acids is 1. The van der Waals surface area contributed by atoms with Crippen molar-refractivity contribution in [1.82, 2.24) is 10.2 Å². The lowest BCUT2D eigenvalue weighted by Crippen LogP contribution is -2.49. The molecule has 1 saturated heterocycles. The van der Waals surface area contributed by atoms with Crippen LogP contribution < -0.4 is 10.2 Å². The molecule has 0 aromatic heterocycles. The molecule has 2 aromatic rings. The molecule has 1 aliphatic rings. The number of hydrogen-bond acceptors (Lipinski definition) is 3. The molecular weight excluding hydrogens is 334 g/mol. The number of carbonyl (C=O) groups is 1. The van der Waals surface area contributed by atoms with Crippen LogP contribution >= 0.6 is 0 Å². The van der Waals surface area contributed by atoms with Crippen LogP contribution in [0.25, 0.3) is 0 Å². The first-order valence-electron chi connectivity index (χ1n) is 10.1. The molecule has 4 nitrogen and oxygen atoms in total. The zero-order valence-corrected chi connectivity index (χ0v) is 16.5. The molecule has 0 radical (unpaired) electrons. The van der Waals surface area contributed by atoms with Crippen molar-refractivity contribution in [3.8, 4) is 0 Å². The number of para-hydroxylation sites is 1. The number of hydrogen-bond donors (Lipinski definition) is 1. The van der Waals surface area contributed by atoms with E-state index < -0.39 is 0 Å². The highest BCUT2D eigenvalue weighted by molar-refractivity contribution is 5.78. The highest BCUT2D eigenvalue weighted by Crippen LogP contribution is 2.16. The SMILES string of the molecule is CCCc1ccc([C@@H](C)NC(=O)CN2CCN(c3ccccc3)CC2)cc1. The van der Waals surface area contributed by atoms with Crippen LogP contribution in [0.15, 0.2) is 54.6 Å². The van der Waals surface area contributed by atoms with Gasteiger partial charge in [-0.15, -0.1) is 0 Å². The smallest absolute Gasteiger partial charge is 0.234 e. The monoisotopic (exact) mass is 365 g/mol. The van der Waals surface area contributed by atoms with E-state index in [1.54, 1.807) is 0 Å². The minimum atomic E-state index is 0.0405. The topological polar surface area (TPSA) is 35.6 Å². The van der Waals surface area contributed by atoms with Crippen LogP contribution in [0, 0.1) is 0 Å². The molecule has 1 aliphatic heterocycles. The summed E-state index contributed by atoms with van der Waals surface area (Å²) in [5.74, 6) is 0.105. The summed E-state index contributed by atoms with van der Waals surface area (Å²) in [6.45, 7) is 8.49. The average molecular weight is 366 g/mol. The van der Waals surface area contributed by atoms with Crippen LogP contribution in [-0.4, -0.2) is 43.5 Å². The van der Waals surface area contributed by atoms with Crippen molar-refractivity contribution in [3.63, 3.8) is 0 Å². The van der Waals surface area contributed by atoms with Gasteiger partial charge in [0.15, 0.2) is 0 Å². The number of nitrogens with zero attached hydrogens (tertiary/aromatic N) is 2. The van der Waals surface area contributed by atoms with Crippen molar-refractivity contribution in [2.24, 2.45) is 0 Å². The molecule has 1 atom stereocenters. The number of amides is 1. The fourth-order valence-electron chi connectivity index (χ4n) is 3.64. The number of rotatable bonds is 7. The molecule has 0 unspecified atom stereocenters. The van der Waals surface area contributed by atoms with E-state index in [1.165, 1.54) is 11.3 Å². The van der Waals surface area contributed by atoms with E-state index >= 15 is 0 Å². The third kappa shape index (κ3) is 5.57. The van der Waals surface area contributed by atoms with Crippen LogP contribution in [0.3, 0.4) is 0 Å². The fourth-order valence-corrected chi connectivity index (χ4v) is 3.64. The van der Waals surface area contributed by atoms with E-state index in [1.807, 2.05) is 6.07 Å². The van der Waals surface area contributed by atoms with Gasteiger partial charge in [-0.3, -0.25) is 9.69 Å². The van der Waals surface area contributed by atoms with Crippen LogP contribution in [-0.2, 0) is 11.2 Å². The minimum absolute atomic E-state index is 0.0405. The van der Waals surface area contributed by atoms with Crippen molar-refractivity contribution >= 4 is 11.6 Å². The first kappa shape index (κ1) is 19.4. The maximum atomic E-state index is 12.4. The lowest BCUT2D eigenvalue weighted by atomic mass is 10.0. The first-order chi connectivity index (χ1) is 13.2. The predicted octanol–water partition coefficient (Wildman–Crippen LogP) is 3.64. The van der Waals surface area contributed by atoms with E-state index in [4.69, 9.17) is 0 Å². The van der Waals surface area contributed by atoms with Gasteiger partial charge in [0.05, 0.1) is 12.6 Å². The molecule has 4 heteroatoms. The van der Waals surface area contributed by atoms with Gasteiger partial charge in [0.25, 0.3) is 0 Å². The van der Waals surface area contributed by atoms with Gasteiger partial charge in [0.2, 0.25) is 5.91 Å². The Hall–Kier alpha value is -2.33. The predicted molar refractivity (Wildman–Crippen MR) is 112 cm³/mol. The summed E-state index contributed by atoms with van der Waals surface area (Å²) in [7, 11) is 0. The van der Waals surface area contributed by atoms with E-state index in [0.717, 1.165) is 44.6 Å². The summed E-state index contributed by atoms with van der Waals surface area (Å²) in [4.78, 5) is 17.1. The summed E-state index contributed by atoms with van der Waals surface area (Å²) < 4.78 is 0. The van der Waals surface area contributed by atoms with Crippen molar-refractivity contribution in [2.45, 2.75) is 32.7 Å². The summed E-state index contributed by atoms with van der Waals surface area (Å²) in [5, 5.41) is 3.14. The second kappa shape index (κ2) is 9.56. The summed E-state index contributed by atoms with van der Waals surface area (Å²) in [6.07, 6.45) is 2.26. The van der Waals surface area contributed by atoms with E-state index in [9.17, 15) is 4.79 Å². The van der Waals surface area contributed by atoms with Gasteiger partial charge < -0.3 is 10.2 Å². The zero-order valence-electron chi connectivity index (χ0n) is 16.5. The maximum Gasteiger partial charge on any atom is 0.234 e. The lowest BCUT2D eigenvalue weighted by Gasteiger charge is -2.35. The second-order valence-corrected chi connectivity index (χ2v) is 7.38. The Balaban J connectivity index is 1.44. The molecule has 1 N–H and O–H groups in total. The number of piperazine rings is 1. The average Bonchev–Trinajstić information content (AvgIpc) is 2.70. The van der Waals surface area contributed by atoms with Crippen LogP contribution in [0.1, 0.15) is 37.4 Å². The Morgan fingerprint density at radius 1 is 1.00 bits per heavy atom. The quantitative estimate of drug-likeness (QED) is 0.814. The molecule has 1 heterocycles. The normalized spacial score (nSPS) is 16.1. The van der Waals surface area contributed by atoms with Crippen molar-refractivity contribution in [2.75, 3.05) is 37.6 Å². The molecule has 1 amide bonds. The zero-order chi connectivity index (χ0) is 19.1. The Bertz CT molecular complexity index is 706. The molecule has 0 aliphatic carbocycles. The summed E-state index contributed by atoms with van der Waals surface area (Å²) in [5.41, 5.74) is 3.79. The highest BCUT2D eigenvalue weighted by atomic mass is 16.2. The van der Waals surface area contributed by atoms with Gasteiger partial charge in [-0.25, -0.2) is 0 Å². The third-order valence-corrected chi connectivity index (χ3v) is 5.26. The van der Waals surface area contributed by atoms with Gasteiger partial charge in [-0.05, 0) is 36.6 Å². The van der Waals surface area contributed by atoms with Gasteiger partial charge >= 0.3 is 0 Å². The molecule has 1 fully saturated rings.